The molecule has 0 fully saturated rings. The van der Waals surface area contributed by atoms with Crippen molar-refractivity contribution in [2.75, 3.05) is 0 Å². The molecule has 0 radical (unpaired) electrons. The molecule has 98 valence electrons. The number of alkyl halides is 1. The monoisotopic (exact) mass is 278 g/mol. The van der Waals surface area contributed by atoms with Crippen molar-refractivity contribution < 1.29 is 9.66 Å². The Balaban J connectivity index is 2.35. The zero-order chi connectivity index (χ0) is 13.8. The van der Waals surface area contributed by atoms with E-state index in [2.05, 4.69) is 4.98 Å². The lowest BCUT2D eigenvalue weighted by Gasteiger charge is -2.10. The first kappa shape index (κ1) is 13.3. The van der Waals surface area contributed by atoms with E-state index >= 15 is 0 Å². The number of aryl methyl sites for hydroxylation is 1. The van der Waals surface area contributed by atoms with Crippen LogP contribution in [-0.4, -0.2) is 9.91 Å². The maximum Gasteiger partial charge on any atom is 0.270 e. The molecule has 0 atom stereocenters. The van der Waals surface area contributed by atoms with Crippen molar-refractivity contribution in [3.8, 4) is 11.5 Å². The van der Waals surface area contributed by atoms with Crippen molar-refractivity contribution in [2.24, 2.45) is 0 Å². The van der Waals surface area contributed by atoms with Gasteiger partial charge in [0, 0.05) is 23.9 Å². The maximum atomic E-state index is 10.7. The lowest BCUT2D eigenvalue weighted by molar-refractivity contribution is -0.384. The Kier molecular flexibility index (Phi) is 3.97. The highest BCUT2D eigenvalue weighted by Crippen LogP contribution is 2.30. The van der Waals surface area contributed by atoms with Crippen molar-refractivity contribution in [1.82, 2.24) is 4.98 Å². The van der Waals surface area contributed by atoms with Gasteiger partial charge in [0.25, 0.3) is 5.69 Å². The molecular weight excluding hydrogens is 268 g/mol. The number of ether oxygens (including phenoxy) is 1. The first-order chi connectivity index (χ1) is 9.11. The van der Waals surface area contributed by atoms with Crippen LogP contribution in [0.1, 0.15) is 11.3 Å². The zero-order valence-electron chi connectivity index (χ0n) is 10.2. The summed E-state index contributed by atoms with van der Waals surface area (Å²) in [7, 11) is 0. The van der Waals surface area contributed by atoms with Gasteiger partial charge in [-0.05, 0) is 25.1 Å². The van der Waals surface area contributed by atoms with Crippen molar-refractivity contribution >= 4 is 17.3 Å². The molecule has 0 bridgehead atoms. The van der Waals surface area contributed by atoms with Crippen LogP contribution in [0.15, 0.2) is 36.5 Å². The lowest BCUT2D eigenvalue weighted by atomic mass is 10.2. The van der Waals surface area contributed by atoms with Crippen LogP contribution in [-0.2, 0) is 5.88 Å². The molecule has 0 amide bonds. The minimum atomic E-state index is -0.463. The summed E-state index contributed by atoms with van der Waals surface area (Å²) >= 11 is 5.80. The number of hydrogen-bond acceptors (Lipinski definition) is 4. The van der Waals surface area contributed by atoms with Crippen LogP contribution in [0.25, 0.3) is 0 Å². The Morgan fingerprint density at radius 3 is 2.79 bits per heavy atom. The summed E-state index contributed by atoms with van der Waals surface area (Å²) in [5.74, 6) is 1.23. The molecule has 0 aliphatic heterocycles. The molecule has 0 N–H and O–H groups in total. The fourth-order valence-corrected chi connectivity index (χ4v) is 1.79. The molecule has 2 aromatic rings. The van der Waals surface area contributed by atoms with Gasteiger partial charge < -0.3 is 4.74 Å². The second-order valence-electron chi connectivity index (χ2n) is 3.87. The van der Waals surface area contributed by atoms with Crippen LogP contribution < -0.4 is 4.74 Å². The van der Waals surface area contributed by atoms with Crippen molar-refractivity contribution in [2.45, 2.75) is 12.8 Å². The summed E-state index contributed by atoms with van der Waals surface area (Å²) in [5.41, 5.74) is 1.30. The van der Waals surface area contributed by atoms with Gasteiger partial charge in [0.1, 0.15) is 11.5 Å². The van der Waals surface area contributed by atoms with Gasteiger partial charge in [0.2, 0.25) is 0 Å². The fourth-order valence-electron chi connectivity index (χ4n) is 1.58. The van der Waals surface area contributed by atoms with Gasteiger partial charge in [-0.1, -0.05) is 0 Å². The predicted octanol–water partition coefficient (Wildman–Crippen LogP) is 3.83. The van der Waals surface area contributed by atoms with E-state index in [1.165, 1.54) is 12.1 Å². The standard InChI is InChI=1S/C13H11ClN2O3/c1-9-12(3-2-6-15-9)19-13-5-4-11(16(17)18)7-10(13)8-14/h2-7H,8H2,1H3. The molecule has 0 aliphatic carbocycles. The molecule has 0 saturated heterocycles. The third kappa shape index (κ3) is 3.00. The minimum absolute atomic E-state index is 0.00842. The van der Waals surface area contributed by atoms with Gasteiger partial charge in [-0.3, -0.25) is 15.1 Å². The lowest BCUT2D eigenvalue weighted by Crippen LogP contribution is -1.95. The molecule has 6 heteroatoms. The van der Waals surface area contributed by atoms with Gasteiger partial charge in [-0.25, -0.2) is 0 Å². The number of nitro benzene ring substituents is 1. The van der Waals surface area contributed by atoms with Crippen LogP contribution in [0.5, 0.6) is 11.5 Å². The number of benzene rings is 1. The summed E-state index contributed by atoms with van der Waals surface area (Å²) < 4.78 is 5.70. The molecule has 1 heterocycles. The van der Waals surface area contributed by atoms with Crippen LogP contribution in [0.3, 0.4) is 0 Å². The second-order valence-corrected chi connectivity index (χ2v) is 4.14. The number of pyridine rings is 1. The van der Waals surface area contributed by atoms with Gasteiger partial charge in [-0.15, -0.1) is 11.6 Å². The number of rotatable bonds is 4. The summed E-state index contributed by atoms with van der Waals surface area (Å²) in [6, 6.07) is 7.88. The maximum absolute atomic E-state index is 10.7. The van der Waals surface area contributed by atoms with E-state index in [0.717, 1.165) is 5.69 Å². The normalized spacial score (nSPS) is 10.2. The molecule has 1 aromatic heterocycles. The Morgan fingerprint density at radius 1 is 1.37 bits per heavy atom. The molecule has 2 rings (SSSR count). The Bertz CT molecular complexity index is 617. The molecule has 0 spiro atoms. The summed E-state index contributed by atoms with van der Waals surface area (Å²) in [6.07, 6.45) is 1.67. The van der Waals surface area contributed by atoms with Crippen LogP contribution >= 0.6 is 11.6 Å². The minimum Gasteiger partial charge on any atom is -0.455 e. The molecule has 1 aromatic carbocycles. The van der Waals surface area contributed by atoms with E-state index < -0.39 is 4.92 Å². The van der Waals surface area contributed by atoms with E-state index in [4.69, 9.17) is 16.3 Å². The topological polar surface area (TPSA) is 65.3 Å². The number of halogens is 1. The fraction of sp³-hybridized carbons (Fsp3) is 0.154. The van der Waals surface area contributed by atoms with E-state index in [-0.39, 0.29) is 11.6 Å². The largest absolute Gasteiger partial charge is 0.455 e. The van der Waals surface area contributed by atoms with Gasteiger partial charge in [0.05, 0.1) is 16.5 Å². The third-order valence-electron chi connectivity index (χ3n) is 2.58. The Hall–Kier alpha value is -2.14. The van der Waals surface area contributed by atoms with Crippen LogP contribution in [0, 0.1) is 17.0 Å². The Labute approximate surface area is 115 Å². The van der Waals surface area contributed by atoms with Gasteiger partial charge in [-0.2, -0.15) is 0 Å². The van der Waals surface area contributed by atoms with Crippen molar-refractivity contribution in [3.63, 3.8) is 0 Å². The van der Waals surface area contributed by atoms with Crippen molar-refractivity contribution in [1.29, 1.82) is 0 Å². The van der Waals surface area contributed by atoms with Crippen LogP contribution in [0.4, 0.5) is 5.69 Å². The molecular formula is C13H11ClN2O3. The number of nitro groups is 1. The van der Waals surface area contributed by atoms with E-state index in [1.807, 2.05) is 6.92 Å². The highest BCUT2D eigenvalue weighted by molar-refractivity contribution is 6.17. The summed E-state index contributed by atoms with van der Waals surface area (Å²) in [6.45, 7) is 1.82. The second kappa shape index (κ2) is 5.67. The number of nitrogens with zero attached hydrogens (tertiary/aromatic N) is 2. The van der Waals surface area contributed by atoms with E-state index in [9.17, 15) is 10.1 Å². The van der Waals surface area contributed by atoms with E-state index in [1.54, 1.807) is 24.4 Å². The molecule has 0 unspecified atom stereocenters. The smallest absolute Gasteiger partial charge is 0.270 e. The zero-order valence-corrected chi connectivity index (χ0v) is 10.9. The number of aromatic nitrogens is 1. The predicted molar refractivity (Wildman–Crippen MR) is 71.7 cm³/mol. The SMILES string of the molecule is Cc1ncccc1Oc1ccc([N+](=O)[O-])cc1CCl. The average molecular weight is 279 g/mol. The van der Waals surface area contributed by atoms with Gasteiger partial charge >= 0.3 is 0 Å². The highest BCUT2D eigenvalue weighted by atomic mass is 35.5. The molecule has 5 nitrogen and oxygen atoms in total. The number of hydrogen-bond donors (Lipinski definition) is 0. The van der Waals surface area contributed by atoms with Crippen molar-refractivity contribution in [3.05, 3.63) is 57.9 Å². The quantitative estimate of drug-likeness (QED) is 0.484. The summed E-state index contributed by atoms with van der Waals surface area (Å²) in [4.78, 5) is 14.4. The van der Waals surface area contributed by atoms with Gasteiger partial charge in [0.15, 0.2) is 0 Å². The summed E-state index contributed by atoms with van der Waals surface area (Å²) in [5, 5.41) is 10.7. The number of non-ortho nitro benzene ring substituents is 1. The first-order valence-corrected chi connectivity index (χ1v) is 6.08. The average Bonchev–Trinajstić information content (AvgIpc) is 2.41. The van der Waals surface area contributed by atoms with E-state index in [0.29, 0.717) is 17.1 Å². The molecule has 0 aliphatic rings. The highest BCUT2D eigenvalue weighted by Gasteiger charge is 2.12. The molecule has 0 saturated carbocycles. The Morgan fingerprint density at radius 2 is 2.16 bits per heavy atom. The van der Waals surface area contributed by atoms with Crippen LogP contribution in [0.2, 0.25) is 0 Å². The first-order valence-electron chi connectivity index (χ1n) is 5.54. The third-order valence-corrected chi connectivity index (χ3v) is 2.87. The molecule has 19 heavy (non-hydrogen) atoms.